The largest absolute Gasteiger partial charge is 0.381 e. The Balaban J connectivity index is -0.000000565. The molecule has 0 bridgehead atoms. The molecule has 0 aliphatic rings. The summed E-state index contributed by atoms with van der Waals surface area (Å²) in [5, 5.41) is 0. The average Bonchev–Trinajstić information content (AvgIpc) is 3.25. The maximum atomic E-state index is 5.94. The molecule has 0 aromatic rings. The van der Waals surface area contributed by atoms with Crippen molar-refractivity contribution >= 4 is 87.7 Å². The van der Waals surface area contributed by atoms with Gasteiger partial charge in [0.15, 0.2) is 0 Å². The van der Waals surface area contributed by atoms with Crippen molar-refractivity contribution in [2.75, 3.05) is 26.4 Å². The molecule has 0 saturated heterocycles. The van der Waals surface area contributed by atoms with Gasteiger partial charge in [-0.05, 0) is 19.3 Å². The quantitative estimate of drug-likeness (QED) is 0.0262. The zero-order chi connectivity index (χ0) is 47.5. The minimum absolute atomic E-state index is 0. The van der Waals surface area contributed by atoms with Crippen LogP contribution in [0.2, 0.25) is 57.0 Å². The predicted molar refractivity (Wildman–Crippen MR) is 336 cm³/mol. The van der Waals surface area contributed by atoms with Crippen molar-refractivity contribution in [2.45, 2.75) is 308 Å². The molecule has 0 heterocycles. The van der Waals surface area contributed by atoms with Crippen LogP contribution in [0, 0.1) is 0 Å². The molecule has 0 radical (unpaired) electrons. The summed E-state index contributed by atoms with van der Waals surface area (Å²) in [7, 11) is 3.66. The molecular formula is C54H119B2FI2O2P2Si2. The van der Waals surface area contributed by atoms with Gasteiger partial charge in [-0.3, -0.25) is 4.70 Å². The van der Waals surface area contributed by atoms with Gasteiger partial charge in [0.25, 0.3) is 0 Å². The van der Waals surface area contributed by atoms with Crippen molar-refractivity contribution in [1.82, 2.24) is 0 Å². The Labute approximate surface area is 446 Å². The van der Waals surface area contributed by atoms with E-state index < -0.39 is 16.1 Å². The van der Waals surface area contributed by atoms with Crippen LogP contribution in [-0.4, -0.2) is 51.2 Å². The Morgan fingerprint density at radius 2 is 0.692 bits per heavy atom. The third-order valence-corrected chi connectivity index (χ3v) is 21.5. The Hall–Kier alpha value is 2.47. The molecule has 2 atom stereocenters. The lowest BCUT2D eigenvalue weighted by Crippen LogP contribution is -2.25. The molecule has 0 saturated carbocycles. The number of ether oxygens (including phenoxy) is 2. The van der Waals surface area contributed by atoms with Crippen LogP contribution in [0.25, 0.3) is 0 Å². The SMILES string of the molecule is CCCCCCCCCCCCCOCC=C[Si](C)(C)CCCCCCCCCB(P)I.CCCCCCCCCCCCCOCCC[Si](C)(C)CCCCCCCCCB(P)I.F.[3HH]. The second kappa shape index (κ2) is 57.4. The van der Waals surface area contributed by atoms with Crippen molar-refractivity contribution < 1.29 is 15.6 Å². The van der Waals surface area contributed by atoms with Gasteiger partial charge in [0.1, 0.15) is 0 Å². The first-order chi connectivity index (χ1) is 31.0. The van der Waals surface area contributed by atoms with Gasteiger partial charge in [0.05, 0.1) is 14.7 Å². The van der Waals surface area contributed by atoms with Gasteiger partial charge < -0.3 is 9.47 Å². The van der Waals surface area contributed by atoms with E-state index in [2.05, 4.69) is 115 Å². The van der Waals surface area contributed by atoms with Gasteiger partial charge in [-0.1, -0.05) is 301 Å². The van der Waals surface area contributed by atoms with E-state index in [1.807, 2.05) is 0 Å². The standard InChI is InChI=1S/C27H59BIOPSi.C27H57BIOPSi.FH.H2/c2*1-4-5-6-7-8-9-10-11-14-17-20-24-30-25-22-27-32(2,3)26-21-18-15-12-13-16-19-23-28(29)31;;/h4-27,31H2,1-3H3;22,27H,4-21,23-26,31H2,1-3H3;2*1H/i;;;1+2. The monoisotopic (exact) mass is 1210 g/mol. The van der Waals surface area contributed by atoms with Gasteiger partial charge in [-0.15, -0.1) is 44.7 Å². The van der Waals surface area contributed by atoms with E-state index >= 15 is 0 Å². The van der Waals surface area contributed by atoms with Crippen molar-refractivity contribution in [3.8, 4) is 0 Å². The third kappa shape index (κ3) is 66.5. The topological polar surface area (TPSA) is 18.5 Å². The fourth-order valence-corrected chi connectivity index (χ4v) is 14.8. The molecule has 0 fully saturated rings. The molecule has 2 unspecified atom stereocenters. The summed E-state index contributed by atoms with van der Waals surface area (Å²) >= 11 is 5.03. The number of hydrogen-bond donors (Lipinski definition) is 0. The van der Waals surface area contributed by atoms with E-state index in [9.17, 15) is 0 Å². The fraction of sp³-hybridized carbons (Fsp3) is 0.963. The molecule has 0 N–H and O–H groups in total. The van der Waals surface area contributed by atoms with Crippen LogP contribution >= 0.6 is 63.0 Å². The molecule has 392 valence electrons. The van der Waals surface area contributed by atoms with E-state index in [1.165, 1.54) is 268 Å². The molecule has 0 aromatic carbocycles. The van der Waals surface area contributed by atoms with E-state index in [0.717, 1.165) is 35.0 Å². The van der Waals surface area contributed by atoms with Crippen LogP contribution in [0.5, 0.6) is 0 Å². The van der Waals surface area contributed by atoms with Crippen LogP contribution in [0.3, 0.4) is 0 Å². The Kier molecular flexibility index (Phi) is 63.3. The second-order valence-corrected chi connectivity index (χ2v) is 39.1. The first kappa shape index (κ1) is 71.7. The van der Waals surface area contributed by atoms with Crippen molar-refractivity contribution in [2.24, 2.45) is 0 Å². The first-order valence-electron chi connectivity index (χ1n) is 28.6. The Bertz CT molecular complexity index is 935. The van der Waals surface area contributed by atoms with Gasteiger partial charge >= 0.3 is 0 Å². The molecule has 0 aromatic heterocycles. The zero-order valence-electron chi connectivity index (χ0n) is 45.0. The third-order valence-electron chi connectivity index (χ3n) is 13.3. The molecule has 0 aliphatic heterocycles. The Morgan fingerprint density at radius 3 is 1.08 bits per heavy atom. The number of hydrogen-bond acceptors (Lipinski definition) is 2. The summed E-state index contributed by atoms with van der Waals surface area (Å²) in [6.07, 6.45) is 57.4. The van der Waals surface area contributed by atoms with Gasteiger partial charge in [0.2, 0.25) is 8.58 Å². The summed E-state index contributed by atoms with van der Waals surface area (Å²) in [4.78, 5) is 0. The predicted octanol–water partition coefficient (Wildman–Crippen LogP) is 22.0. The molecule has 11 heteroatoms. The second-order valence-electron chi connectivity index (χ2n) is 21.5. The van der Waals surface area contributed by atoms with Crippen LogP contribution in [0.15, 0.2) is 11.8 Å². The molecule has 0 spiro atoms. The average molecular weight is 1220 g/mol. The van der Waals surface area contributed by atoms with Crippen molar-refractivity contribution in [3.05, 3.63) is 11.8 Å². The van der Waals surface area contributed by atoms with Crippen molar-refractivity contribution in [1.29, 1.82) is 0 Å². The number of halogens is 3. The summed E-state index contributed by atoms with van der Waals surface area (Å²) in [5.41, 5.74) is 2.52. The van der Waals surface area contributed by atoms with Gasteiger partial charge in [-0.25, -0.2) is 0 Å². The summed E-state index contributed by atoms with van der Waals surface area (Å²) in [6.45, 7) is 18.6. The summed E-state index contributed by atoms with van der Waals surface area (Å²) < 4.78 is 13.3. The van der Waals surface area contributed by atoms with Gasteiger partial charge in [0, 0.05) is 29.3 Å². The maximum Gasteiger partial charge on any atom is 0.239 e. The normalized spacial score (nSPS) is 11.8. The molecule has 0 rings (SSSR count). The maximum absolute atomic E-state index is 5.94. The van der Waals surface area contributed by atoms with Gasteiger partial charge in [-0.2, -0.15) is 18.2 Å². The fourth-order valence-electron chi connectivity index (χ4n) is 8.85. The van der Waals surface area contributed by atoms with Crippen LogP contribution in [0.1, 0.15) is 253 Å². The lowest BCUT2D eigenvalue weighted by atomic mass is 9.96. The summed E-state index contributed by atoms with van der Waals surface area (Å²) in [5.74, 6) is 0. The molecule has 2 nitrogen and oxygen atoms in total. The van der Waals surface area contributed by atoms with E-state index in [-0.39, 0.29) is 6.13 Å². The highest BCUT2D eigenvalue weighted by molar-refractivity contribution is 14.1. The number of rotatable bonds is 51. The smallest absolute Gasteiger partial charge is 0.239 e. The van der Waals surface area contributed by atoms with E-state index in [0.29, 0.717) is 0 Å². The number of unbranched alkanes of at least 4 members (excludes halogenated alkanes) is 32. The summed E-state index contributed by atoms with van der Waals surface area (Å²) in [6, 6.07) is 4.42. The molecular weight excluding hydrogens is 1090 g/mol. The highest BCUT2D eigenvalue weighted by Gasteiger charge is 2.19. The first-order valence-corrected chi connectivity index (χ1v) is 39.1. The molecule has 0 aliphatic carbocycles. The van der Waals surface area contributed by atoms with Crippen LogP contribution in [0.4, 0.5) is 4.70 Å². The van der Waals surface area contributed by atoms with Crippen LogP contribution in [-0.2, 0) is 9.47 Å². The molecule has 65 heavy (non-hydrogen) atoms. The van der Waals surface area contributed by atoms with Crippen molar-refractivity contribution in [3.63, 3.8) is 0 Å². The molecule has 0 amide bonds. The highest BCUT2D eigenvalue weighted by atomic mass is 127. The minimum atomic E-state index is -1.17. The lowest BCUT2D eigenvalue weighted by molar-refractivity contribution is 0.130. The van der Waals surface area contributed by atoms with Crippen LogP contribution < -0.4 is 0 Å². The highest BCUT2D eigenvalue weighted by Crippen LogP contribution is 2.23. The zero-order valence-corrected chi connectivity index (χ0v) is 53.6. The lowest BCUT2D eigenvalue weighted by Gasteiger charge is -2.22. The van der Waals surface area contributed by atoms with E-state index in [1.54, 1.807) is 0 Å². The van der Waals surface area contributed by atoms with E-state index in [4.69, 9.17) is 9.47 Å². The Morgan fingerprint density at radius 1 is 0.400 bits per heavy atom. The minimum Gasteiger partial charge on any atom is -0.381 e.